The van der Waals surface area contributed by atoms with E-state index in [0.29, 0.717) is 0 Å². The fourth-order valence-electron chi connectivity index (χ4n) is 1.68. The average molecular weight is 242 g/mol. The average Bonchev–Trinajstić information content (AvgIpc) is 2.42. The van der Waals surface area contributed by atoms with Crippen molar-refractivity contribution in [2.45, 2.75) is 26.2 Å². The molecule has 0 radical (unpaired) electrons. The summed E-state index contributed by atoms with van der Waals surface area (Å²) in [6.45, 7) is 2.83. The highest BCUT2D eigenvalue weighted by atomic mass is 14.7. The summed E-state index contributed by atoms with van der Waals surface area (Å²) in [7, 11) is 0. The summed E-state index contributed by atoms with van der Waals surface area (Å²) in [5.74, 6) is 0. The van der Waals surface area contributed by atoms with Crippen LogP contribution in [0, 0.1) is 0 Å². The lowest BCUT2D eigenvalue weighted by molar-refractivity contribution is 0.747. The summed E-state index contributed by atoms with van der Waals surface area (Å²) in [6, 6.07) is 10.6. The molecule has 0 saturated heterocycles. The highest BCUT2D eigenvalue weighted by Gasteiger charge is 1.91. The van der Waals surface area contributed by atoms with Crippen LogP contribution >= 0.6 is 0 Å². The molecule has 0 atom stereocenters. The standard InChI is InChI=1S/C16H22N2/c1-2-8-16(13-17)14-18-12-7-6-11-15-9-4-3-5-10-15/h2-5,8-10,13-14H,6-7,11-12,17H2,1H3/b8-2+,16-13?,18-14?. The van der Waals surface area contributed by atoms with Crippen molar-refractivity contribution >= 4 is 6.21 Å². The summed E-state index contributed by atoms with van der Waals surface area (Å²) in [5, 5.41) is 0. The number of nitrogens with zero attached hydrogens (tertiary/aromatic N) is 1. The molecule has 1 rings (SSSR count). The van der Waals surface area contributed by atoms with E-state index in [1.165, 1.54) is 12.0 Å². The smallest absolute Gasteiger partial charge is 0.0389 e. The Labute approximate surface area is 110 Å². The number of allylic oxidation sites excluding steroid dienone is 3. The van der Waals surface area contributed by atoms with Gasteiger partial charge in [0.05, 0.1) is 0 Å². The third-order valence-corrected chi connectivity index (χ3v) is 2.64. The van der Waals surface area contributed by atoms with E-state index in [1.807, 2.05) is 25.3 Å². The minimum absolute atomic E-state index is 0.863. The van der Waals surface area contributed by atoms with E-state index in [4.69, 9.17) is 5.73 Å². The second kappa shape index (κ2) is 9.23. The zero-order valence-corrected chi connectivity index (χ0v) is 11.0. The van der Waals surface area contributed by atoms with Gasteiger partial charge in [0.1, 0.15) is 0 Å². The van der Waals surface area contributed by atoms with Crippen LogP contribution in [-0.2, 0) is 6.42 Å². The first-order valence-electron chi connectivity index (χ1n) is 6.45. The van der Waals surface area contributed by atoms with Crippen LogP contribution < -0.4 is 5.73 Å². The molecule has 0 heterocycles. The lowest BCUT2D eigenvalue weighted by Crippen LogP contribution is -1.91. The highest BCUT2D eigenvalue weighted by Crippen LogP contribution is 2.04. The SMILES string of the molecule is C/C=C/C(C=NCCCCc1ccccc1)=CN. The van der Waals surface area contributed by atoms with Crippen LogP contribution in [0.1, 0.15) is 25.3 Å². The zero-order valence-electron chi connectivity index (χ0n) is 11.0. The molecule has 1 aromatic rings. The Bertz CT molecular complexity index is 402. The van der Waals surface area contributed by atoms with E-state index in [1.54, 1.807) is 6.20 Å². The fourth-order valence-corrected chi connectivity index (χ4v) is 1.68. The topological polar surface area (TPSA) is 38.4 Å². The number of benzene rings is 1. The van der Waals surface area contributed by atoms with E-state index in [2.05, 4.69) is 35.3 Å². The molecule has 0 fully saturated rings. The Kier molecular flexibility index (Phi) is 7.29. The first-order chi connectivity index (χ1) is 8.86. The predicted molar refractivity (Wildman–Crippen MR) is 79.8 cm³/mol. The quantitative estimate of drug-likeness (QED) is 0.443. The Balaban J connectivity index is 2.17. The van der Waals surface area contributed by atoms with Gasteiger partial charge in [0.15, 0.2) is 0 Å². The molecule has 0 spiro atoms. The van der Waals surface area contributed by atoms with Gasteiger partial charge in [-0.1, -0.05) is 42.5 Å². The number of unbranched alkanes of at least 4 members (excludes halogenated alkanes) is 1. The first-order valence-corrected chi connectivity index (χ1v) is 6.45. The lowest BCUT2D eigenvalue weighted by Gasteiger charge is -1.99. The van der Waals surface area contributed by atoms with E-state index in [-0.39, 0.29) is 0 Å². The predicted octanol–water partition coefficient (Wildman–Crippen LogP) is 3.50. The number of nitrogens with two attached hydrogens (primary N) is 1. The van der Waals surface area contributed by atoms with E-state index in [9.17, 15) is 0 Å². The summed E-state index contributed by atoms with van der Waals surface area (Å²) in [6.07, 6.45) is 10.7. The maximum Gasteiger partial charge on any atom is 0.0389 e. The fraction of sp³-hybridized carbons (Fsp3) is 0.312. The van der Waals surface area contributed by atoms with Crippen LogP contribution in [-0.4, -0.2) is 12.8 Å². The molecule has 0 aliphatic carbocycles. The molecule has 0 aliphatic heterocycles. The van der Waals surface area contributed by atoms with Gasteiger partial charge in [-0.25, -0.2) is 0 Å². The summed E-state index contributed by atoms with van der Waals surface area (Å²) in [5.41, 5.74) is 7.83. The Hall–Kier alpha value is -1.83. The number of hydrogen-bond donors (Lipinski definition) is 1. The monoisotopic (exact) mass is 242 g/mol. The zero-order chi connectivity index (χ0) is 13.1. The second-order valence-corrected chi connectivity index (χ2v) is 4.14. The Morgan fingerprint density at radius 3 is 2.67 bits per heavy atom. The van der Waals surface area contributed by atoms with E-state index in [0.717, 1.165) is 25.0 Å². The van der Waals surface area contributed by atoms with Crippen molar-refractivity contribution in [3.05, 3.63) is 59.8 Å². The molecule has 0 aliphatic rings. The van der Waals surface area contributed by atoms with Crippen molar-refractivity contribution in [3.63, 3.8) is 0 Å². The van der Waals surface area contributed by atoms with E-state index >= 15 is 0 Å². The van der Waals surface area contributed by atoms with Crippen molar-refractivity contribution < 1.29 is 0 Å². The van der Waals surface area contributed by atoms with Crippen molar-refractivity contribution in [1.82, 2.24) is 0 Å². The molecule has 2 heteroatoms. The maximum atomic E-state index is 5.47. The third-order valence-electron chi connectivity index (χ3n) is 2.64. The van der Waals surface area contributed by atoms with Crippen molar-refractivity contribution in [2.24, 2.45) is 10.7 Å². The molecule has 0 amide bonds. The van der Waals surface area contributed by atoms with Crippen LogP contribution in [0.2, 0.25) is 0 Å². The number of hydrogen-bond acceptors (Lipinski definition) is 2. The number of aryl methyl sites for hydroxylation is 1. The molecular formula is C16H22N2. The summed E-state index contributed by atoms with van der Waals surface area (Å²) in [4.78, 5) is 4.37. The lowest BCUT2D eigenvalue weighted by atomic mass is 10.1. The van der Waals surface area contributed by atoms with Gasteiger partial charge in [-0.2, -0.15) is 0 Å². The molecule has 0 unspecified atom stereocenters. The molecule has 0 aromatic heterocycles. The summed E-state index contributed by atoms with van der Waals surface area (Å²) >= 11 is 0. The minimum Gasteiger partial charge on any atom is -0.404 e. The molecule has 1 aromatic carbocycles. The van der Waals surface area contributed by atoms with Crippen molar-refractivity contribution in [3.8, 4) is 0 Å². The number of rotatable bonds is 7. The molecule has 0 saturated carbocycles. The van der Waals surface area contributed by atoms with Gasteiger partial charge in [0, 0.05) is 24.5 Å². The highest BCUT2D eigenvalue weighted by molar-refractivity contribution is 5.81. The molecule has 0 bridgehead atoms. The van der Waals surface area contributed by atoms with Gasteiger partial charge in [0.25, 0.3) is 0 Å². The van der Waals surface area contributed by atoms with Crippen LogP contribution in [0.4, 0.5) is 0 Å². The summed E-state index contributed by atoms with van der Waals surface area (Å²) < 4.78 is 0. The Morgan fingerprint density at radius 1 is 1.22 bits per heavy atom. The van der Waals surface area contributed by atoms with Gasteiger partial charge < -0.3 is 5.73 Å². The normalized spacial score (nSPS) is 12.6. The van der Waals surface area contributed by atoms with Crippen LogP contribution in [0.25, 0.3) is 0 Å². The first kappa shape index (κ1) is 14.2. The Morgan fingerprint density at radius 2 is 2.00 bits per heavy atom. The van der Waals surface area contributed by atoms with Gasteiger partial charge in [-0.15, -0.1) is 0 Å². The van der Waals surface area contributed by atoms with Gasteiger partial charge >= 0.3 is 0 Å². The van der Waals surface area contributed by atoms with Gasteiger partial charge in [-0.3, -0.25) is 4.99 Å². The molecule has 2 nitrogen and oxygen atoms in total. The van der Waals surface area contributed by atoms with Crippen molar-refractivity contribution in [2.75, 3.05) is 6.54 Å². The van der Waals surface area contributed by atoms with Crippen LogP contribution in [0.5, 0.6) is 0 Å². The molecule has 2 N–H and O–H groups in total. The van der Waals surface area contributed by atoms with Gasteiger partial charge in [-0.05, 0) is 31.7 Å². The number of aliphatic imine (C=N–C) groups is 1. The van der Waals surface area contributed by atoms with E-state index < -0.39 is 0 Å². The van der Waals surface area contributed by atoms with Crippen molar-refractivity contribution in [1.29, 1.82) is 0 Å². The minimum atomic E-state index is 0.863. The molecule has 96 valence electrons. The third kappa shape index (κ3) is 6.04. The van der Waals surface area contributed by atoms with Crippen LogP contribution in [0.3, 0.4) is 0 Å². The molecule has 18 heavy (non-hydrogen) atoms. The maximum absolute atomic E-state index is 5.47. The molecular weight excluding hydrogens is 220 g/mol. The second-order valence-electron chi connectivity index (χ2n) is 4.14. The van der Waals surface area contributed by atoms with Crippen LogP contribution in [0.15, 0.2) is 59.2 Å². The largest absolute Gasteiger partial charge is 0.404 e. The van der Waals surface area contributed by atoms with Gasteiger partial charge in [0.2, 0.25) is 0 Å².